The second-order valence-corrected chi connectivity index (χ2v) is 5.51. The van der Waals surface area contributed by atoms with Crippen LogP contribution in [0.1, 0.15) is 24.0 Å². The molecular formula is C18H20N2O. The first-order valence-corrected chi connectivity index (χ1v) is 7.47. The number of amides is 1. The third-order valence-electron chi connectivity index (χ3n) is 4.06. The van der Waals surface area contributed by atoms with E-state index < -0.39 is 0 Å². The summed E-state index contributed by atoms with van der Waals surface area (Å²) >= 11 is 0. The van der Waals surface area contributed by atoms with Crippen LogP contribution in [-0.2, 0) is 17.6 Å². The van der Waals surface area contributed by atoms with E-state index in [1.807, 2.05) is 47.4 Å². The minimum absolute atomic E-state index is 0.127. The van der Waals surface area contributed by atoms with Crippen LogP contribution in [0.4, 0.5) is 11.4 Å². The Labute approximate surface area is 125 Å². The number of aryl methyl sites for hydroxylation is 1. The molecule has 0 aromatic heterocycles. The van der Waals surface area contributed by atoms with E-state index in [1.54, 1.807) is 0 Å². The molecule has 0 bridgehead atoms. The number of carbonyl (C=O) groups excluding carboxylic acids is 1. The van der Waals surface area contributed by atoms with Crippen molar-refractivity contribution in [3.8, 4) is 0 Å². The summed E-state index contributed by atoms with van der Waals surface area (Å²) in [6.07, 6.45) is 3.59. The highest BCUT2D eigenvalue weighted by molar-refractivity contribution is 5.96. The maximum absolute atomic E-state index is 12.7. The van der Waals surface area contributed by atoms with E-state index in [0.29, 0.717) is 12.1 Å². The lowest BCUT2D eigenvalue weighted by Crippen LogP contribution is -2.33. The quantitative estimate of drug-likeness (QED) is 0.859. The van der Waals surface area contributed by atoms with E-state index in [9.17, 15) is 4.79 Å². The average molecular weight is 280 g/mol. The van der Waals surface area contributed by atoms with Crippen LogP contribution in [0, 0.1) is 0 Å². The van der Waals surface area contributed by atoms with Crippen LogP contribution in [0.2, 0.25) is 0 Å². The van der Waals surface area contributed by atoms with Gasteiger partial charge in [0.2, 0.25) is 5.91 Å². The maximum Gasteiger partial charge on any atom is 0.231 e. The summed E-state index contributed by atoms with van der Waals surface area (Å²) < 4.78 is 0. The number of para-hydroxylation sites is 2. The molecule has 0 saturated carbocycles. The maximum atomic E-state index is 12.7. The van der Waals surface area contributed by atoms with E-state index >= 15 is 0 Å². The minimum atomic E-state index is 0.127. The Morgan fingerprint density at radius 3 is 2.67 bits per heavy atom. The normalized spacial score (nSPS) is 14.4. The molecule has 108 valence electrons. The first-order valence-electron chi connectivity index (χ1n) is 7.47. The largest absolute Gasteiger partial charge is 0.398 e. The van der Waals surface area contributed by atoms with Gasteiger partial charge in [-0.3, -0.25) is 4.79 Å². The number of rotatable bonds is 2. The van der Waals surface area contributed by atoms with Gasteiger partial charge in [-0.05, 0) is 42.5 Å². The highest BCUT2D eigenvalue weighted by Crippen LogP contribution is 2.27. The Bertz CT molecular complexity index is 651. The molecule has 0 atom stereocenters. The second kappa shape index (κ2) is 6.00. The van der Waals surface area contributed by atoms with Crippen molar-refractivity contribution in [3.63, 3.8) is 0 Å². The molecule has 3 nitrogen and oxygen atoms in total. The highest BCUT2D eigenvalue weighted by Gasteiger charge is 2.21. The van der Waals surface area contributed by atoms with E-state index in [-0.39, 0.29) is 5.91 Å². The Balaban J connectivity index is 1.86. The zero-order valence-electron chi connectivity index (χ0n) is 12.1. The standard InChI is InChI=1S/C18H20N2O/c19-16-10-3-1-9-15(16)13-18(21)20-12-6-5-8-14-7-2-4-11-17(14)20/h1-4,7,9-11H,5-6,8,12-13,19H2. The van der Waals surface area contributed by atoms with Crippen LogP contribution in [0.15, 0.2) is 48.5 Å². The van der Waals surface area contributed by atoms with Crippen molar-refractivity contribution < 1.29 is 4.79 Å². The van der Waals surface area contributed by atoms with Crippen molar-refractivity contribution in [2.75, 3.05) is 17.2 Å². The molecule has 21 heavy (non-hydrogen) atoms. The Morgan fingerprint density at radius 1 is 1.05 bits per heavy atom. The van der Waals surface area contributed by atoms with Crippen LogP contribution in [0.5, 0.6) is 0 Å². The Morgan fingerprint density at radius 2 is 1.81 bits per heavy atom. The first-order chi connectivity index (χ1) is 10.3. The van der Waals surface area contributed by atoms with Crippen molar-refractivity contribution in [1.29, 1.82) is 0 Å². The van der Waals surface area contributed by atoms with Crippen LogP contribution in [0.25, 0.3) is 0 Å². The van der Waals surface area contributed by atoms with Gasteiger partial charge in [0, 0.05) is 17.9 Å². The van der Waals surface area contributed by atoms with Gasteiger partial charge in [0.1, 0.15) is 0 Å². The molecule has 0 unspecified atom stereocenters. The van der Waals surface area contributed by atoms with Crippen LogP contribution < -0.4 is 10.6 Å². The van der Waals surface area contributed by atoms with Crippen LogP contribution >= 0.6 is 0 Å². The van der Waals surface area contributed by atoms with Gasteiger partial charge in [-0.15, -0.1) is 0 Å². The molecular weight excluding hydrogens is 260 g/mol. The van der Waals surface area contributed by atoms with Gasteiger partial charge >= 0.3 is 0 Å². The fourth-order valence-corrected chi connectivity index (χ4v) is 2.90. The van der Waals surface area contributed by atoms with Gasteiger partial charge < -0.3 is 10.6 Å². The van der Waals surface area contributed by atoms with Crippen LogP contribution in [-0.4, -0.2) is 12.5 Å². The smallest absolute Gasteiger partial charge is 0.231 e. The zero-order chi connectivity index (χ0) is 14.7. The van der Waals surface area contributed by atoms with E-state index in [2.05, 4.69) is 6.07 Å². The highest BCUT2D eigenvalue weighted by atomic mass is 16.2. The van der Waals surface area contributed by atoms with Gasteiger partial charge in [-0.2, -0.15) is 0 Å². The van der Waals surface area contributed by atoms with Crippen LogP contribution in [0.3, 0.4) is 0 Å². The number of anilines is 2. The van der Waals surface area contributed by atoms with E-state index in [1.165, 1.54) is 5.56 Å². The predicted molar refractivity (Wildman–Crippen MR) is 86.3 cm³/mol. The predicted octanol–water partition coefficient (Wildman–Crippen LogP) is 3.18. The minimum Gasteiger partial charge on any atom is -0.398 e. The third-order valence-corrected chi connectivity index (χ3v) is 4.06. The number of fused-ring (bicyclic) bond motifs is 1. The van der Waals surface area contributed by atoms with Crippen molar-refractivity contribution in [2.45, 2.75) is 25.7 Å². The fourth-order valence-electron chi connectivity index (χ4n) is 2.90. The molecule has 0 spiro atoms. The summed E-state index contributed by atoms with van der Waals surface area (Å²) in [5, 5.41) is 0. The Kier molecular flexibility index (Phi) is 3.91. The van der Waals surface area contributed by atoms with Gasteiger partial charge in [0.15, 0.2) is 0 Å². The zero-order valence-corrected chi connectivity index (χ0v) is 12.1. The molecule has 0 saturated heterocycles. The van der Waals surface area contributed by atoms with E-state index in [4.69, 9.17) is 5.73 Å². The number of hydrogen-bond donors (Lipinski definition) is 1. The number of hydrogen-bond acceptors (Lipinski definition) is 2. The van der Waals surface area contributed by atoms with Gasteiger partial charge in [0.05, 0.1) is 6.42 Å². The summed E-state index contributed by atoms with van der Waals surface area (Å²) in [7, 11) is 0. The SMILES string of the molecule is Nc1ccccc1CC(=O)N1CCCCc2ccccc21. The van der Waals surface area contributed by atoms with Crippen molar-refractivity contribution >= 4 is 17.3 Å². The molecule has 1 amide bonds. The van der Waals surface area contributed by atoms with Gasteiger partial charge in [-0.1, -0.05) is 36.4 Å². The van der Waals surface area contributed by atoms with Gasteiger partial charge in [-0.25, -0.2) is 0 Å². The summed E-state index contributed by atoms with van der Waals surface area (Å²) in [6, 6.07) is 15.8. The topological polar surface area (TPSA) is 46.3 Å². The molecule has 0 aliphatic carbocycles. The molecule has 2 aromatic rings. The van der Waals surface area contributed by atoms with Crippen molar-refractivity contribution in [1.82, 2.24) is 0 Å². The second-order valence-electron chi connectivity index (χ2n) is 5.51. The monoisotopic (exact) mass is 280 g/mol. The molecule has 3 rings (SSSR count). The summed E-state index contributed by atoms with van der Waals surface area (Å²) in [5.41, 5.74) is 9.88. The summed E-state index contributed by atoms with van der Waals surface area (Å²) in [6.45, 7) is 0.794. The Hall–Kier alpha value is -2.29. The van der Waals surface area contributed by atoms with Crippen molar-refractivity contribution in [2.24, 2.45) is 0 Å². The lowest BCUT2D eigenvalue weighted by atomic mass is 10.1. The number of nitrogens with zero attached hydrogens (tertiary/aromatic N) is 1. The fraction of sp³-hybridized carbons (Fsp3) is 0.278. The first kappa shape index (κ1) is 13.7. The molecule has 1 aliphatic heterocycles. The van der Waals surface area contributed by atoms with Crippen molar-refractivity contribution in [3.05, 3.63) is 59.7 Å². The summed E-state index contributed by atoms with van der Waals surface area (Å²) in [5.74, 6) is 0.127. The average Bonchev–Trinajstić information content (AvgIpc) is 2.72. The van der Waals surface area contributed by atoms with Gasteiger partial charge in [0.25, 0.3) is 0 Å². The lowest BCUT2D eigenvalue weighted by molar-refractivity contribution is -0.118. The number of carbonyl (C=O) groups is 1. The van der Waals surface area contributed by atoms with E-state index in [0.717, 1.165) is 37.1 Å². The molecule has 2 aromatic carbocycles. The number of nitrogen functional groups attached to an aromatic ring is 1. The number of nitrogens with two attached hydrogens (primary N) is 1. The number of benzene rings is 2. The molecule has 0 fully saturated rings. The molecule has 0 radical (unpaired) electrons. The molecule has 3 heteroatoms. The lowest BCUT2D eigenvalue weighted by Gasteiger charge is -2.23. The third kappa shape index (κ3) is 2.92. The summed E-state index contributed by atoms with van der Waals surface area (Å²) in [4.78, 5) is 14.6. The molecule has 1 aliphatic rings. The molecule has 1 heterocycles. The molecule has 2 N–H and O–H groups in total.